The van der Waals surface area contributed by atoms with Crippen LogP contribution in [0.3, 0.4) is 0 Å². The summed E-state index contributed by atoms with van der Waals surface area (Å²) in [6.45, 7) is 0. The number of allylic oxidation sites excluding steroid dienone is 2. The Kier molecular flexibility index (Phi) is 3.78. The summed E-state index contributed by atoms with van der Waals surface area (Å²) in [6.07, 6.45) is 4.44. The Morgan fingerprint density at radius 2 is 1.54 bits per heavy atom. The van der Waals surface area contributed by atoms with Crippen molar-refractivity contribution in [3.05, 3.63) is 84.0 Å². The first-order chi connectivity index (χ1) is 12.6. The molecule has 2 aromatic heterocycles. The highest BCUT2D eigenvalue weighted by Crippen LogP contribution is 2.26. The molecule has 0 spiro atoms. The second-order valence-corrected chi connectivity index (χ2v) is 5.70. The number of pyridine rings is 2. The summed E-state index contributed by atoms with van der Waals surface area (Å²) in [4.78, 5) is 32.4. The molecule has 0 bridgehead atoms. The molecule has 4 rings (SSSR count). The van der Waals surface area contributed by atoms with Crippen molar-refractivity contribution in [1.82, 2.24) is 9.97 Å². The molecule has 2 N–H and O–H groups in total. The first kappa shape index (κ1) is 15.7. The summed E-state index contributed by atoms with van der Waals surface area (Å²) in [5.74, 6) is 0.610. The molecule has 1 aliphatic rings. The number of ketones is 2. The number of nitrogens with zero attached hydrogens (tertiary/aromatic N) is 2. The predicted octanol–water partition coefficient (Wildman–Crippen LogP) is 3.16. The Bertz CT molecular complexity index is 1040. The number of benzene rings is 1. The van der Waals surface area contributed by atoms with Crippen LogP contribution >= 0.6 is 0 Å². The first-order valence-electron chi connectivity index (χ1n) is 7.87. The Morgan fingerprint density at radius 3 is 2.27 bits per heavy atom. The molecule has 0 aliphatic heterocycles. The van der Waals surface area contributed by atoms with Crippen LogP contribution in [0.5, 0.6) is 11.5 Å². The lowest BCUT2D eigenvalue weighted by atomic mass is 9.96. The number of Topliss-reactive ketones (excluding diaryl/α,β-unsaturated/α-hetero) is 1. The van der Waals surface area contributed by atoms with Gasteiger partial charge in [0.15, 0.2) is 5.78 Å². The minimum atomic E-state index is -0.431. The van der Waals surface area contributed by atoms with Gasteiger partial charge in [0.1, 0.15) is 17.2 Å². The molecule has 6 nitrogen and oxygen atoms in total. The second-order valence-electron chi connectivity index (χ2n) is 5.70. The van der Waals surface area contributed by atoms with Crippen LogP contribution in [0.2, 0.25) is 0 Å². The first-order valence-corrected chi connectivity index (χ1v) is 7.87. The molecule has 0 amide bonds. The lowest BCUT2D eigenvalue weighted by Crippen LogP contribution is -2.23. The fourth-order valence-corrected chi connectivity index (χ4v) is 2.65. The zero-order valence-corrected chi connectivity index (χ0v) is 13.5. The fourth-order valence-electron chi connectivity index (χ4n) is 2.65. The molecule has 6 heteroatoms. The third-order valence-corrected chi connectivity index (χ3v) is 3.96. The van der Waals surface area contributed by atoms with E-state index in [2.05, 4.69) is 9.97 Å². The quantitative estimate of drug-likeness (QED) is 0.785. The monoisotopic (exact) mass is 343 g/mol. The van der Waals surface area contributed by atoms with E-state index in [1.807, 2.05) is 12.1 Å². The van der Waals surface area contributed by atoms with Gasteiger partial charge in [0, 0.05) is 24.0 Å². The molecule has 2 heterocycles. The summed E-state index contributed by atoms with van der Waals surface area (Å²) in [6, 6.07) is 14.1. The normalized spacial score (nSPS) is 13.2. The number of fused-ring (bicyclic) bond motifs is 1. The van der Waals surface area contributed by atoms with Gasteiger partial charge in [-0.3, -0.25) is 14.6 Å². The smallest absolute Gasteiger partial charge is 0.227 e. The largest absolute Gasteiger partial charge is 0.457 e. The highest BCUT2D eigenvalue weighted by atomic mass is 16.5. The van der Waals surface area contributed by atoms with Gasteiger partial charge in [0.2, 0.25) is 5.78 Å². The van der Waals surface area contributed by atoms with Gasteiger partial charge >= 0.3 is 0 Å². The minimum Gasteiger partial charge on any atom is -0.457 e. The van der Waals surface area contributed by atoms with E-state index in [1.54, 1.807) is 48.8 Å². The van der Waals surface area contributed by atoms with Gasteiger partial charge in [-0.1, -0.05) is 0 Å². The van der Waals surface area contributed by atoms with Gasteiger partial charge in [-0.15, -0.1) is 0 Å². The summed E-state index contributed by atoms with van der Waals surface area (Å²) in [5.41, 5.74) is 7.24. The maximum absolute atomic E-state index is 12.2. The van der Waals surface area contributed by atoms with Crippen molar-refractivity contribution < 1.29 is 14.3 Å². The third-order valence-electron chi connectivity index (χ3n) is 3.96. The van der Waals surface area contributed by atoms with Crippen LogP contribution in [0.15, 0.2) is 72.7 Å². The Morgan fingerprint density at radius 1 is 0.846 bits per heavy atom. The molecule has 26 heavy (non-hydrogen) atoms. The molecule has 0 fully saturated rings. The maximum Gasteiger partial charge on any atom is 0.227 e. The van der Waals surface area contributed by atoms with Crippen molar-refractivity contribution >= 4 is 11.6 Å². The van der Waals surface area contributed by atoms with E-state index in [4.69, 9.17) is 10.5 Å². The number of aromatic nitrogens is 2. The van der Waals surface area contributed by atoms with Gasteiger partial charge in [-0.25, -0.2) is 4.98 Å². The van der Waals surface area contributed by atoms with Gasteiger partial charge in [-0.05, 0) is 48.5 Å². The molecule has 3 aromatic rings. The van der Waals surface area contributed by atoms with Crippen molar-refractivity contribution in [3.63, 3.8) is 0 Å². The Balaban J connectivity index is 1.63. The molecule has 0 radical (unpaired) electrons. The SMILES string of the molecule is NC1=CC(=O)c2ccc(-c3ccc(Oc4ccncc4)cc3)nc2C1=O. The average molecular weight is 343 g/mol. The van der Waals surface area contributed by atoms with E-state index in [9.17, 15) is 9.59 Å². The van der Waals surface area contributed by atoms with E-state index in [0.29, 0.717) is 17.2 Å². The van der Waals surface area contributed by atoms with Gasteiger partial charge in [0.25, 0.3) is 0 Å². The lowest BCUT2D eigenvalue weighted by Gasteiger charge is -2.13. The summed E-state index contributed by atoms with van der Waals surface area (Å²) >= 11 is 0. The number of hydrogen-bond donors (Lipinski definition) is 1. The topological polar surface area (TPSA) is 95.2 Å². The standard InChI is InChI=1S/C20H13N3O3/c21-16-11-18(24)15-5-6-17(23-19(15)20(16)25)12-1-3-13(4-2-12)26-14-7-9-22-10-8-14/h1-11H,21H2. The molecule has 0 saturated heterocycles. The zero-order chi connectivity index (χ0) is 18.1. The van der Waals surface area contributed by atoms with Crippen molar-refractivity contribution in [2.45, 2.75) is 0 Å². The van der Waals surface area contributed by atoms with Crippen LogP contribution in [-0.4, -0.2) is 21.5 Å². The molecule has 126 valence electrons. The number of rotatable bonds is 3. The number of carbonyl (C=O) groups is 2. The summed E-state index contributed by atoms with van der Waals surface area (Å²) < 4.78 is 5.72. The minimum absolute atomic E-state index is 0.0876. The van der Waals surface area contributed by atoms with E-state index in [1.165, 1.54) is 0 Å². The van der Waals surface area contributed by atoms with Gasteiger partial charge < -0.3 is 10.5 Å². The van der Waals surface area contributed by atoms with E-state index >= 15 is 0 Å². The van der Waals surface area contributed by atoms with Crippen molar-refractivity contribution in [3.8, 4) is 22.8 Å². The predicted molar refractivity (Wildman–Crippen MR) is 94.9 cm³/mol. The summed E-state index contributed by atoms with van der Waals surface area (Å²) in [7, 11) is 0. The second kappa shape index (κ2) is 6.25. The van der Waals surface area contributed by atoms with Crippen LogP contribution in [0, 0.1) is 0 Å². The maximum atomic E-state index is 12.2. The van der Waals surface area contributed by atoms with Crippen LogP contribution in [-0.2, 0) is 0 Å². The average Bonchev–Trinajstić information content (AvgIpc) is 2.67. The highest BCUT2D eigenvalue weighted by molar-refractivity contribution is 6.23. The molecule has 0 atom stereocenters. The van der Waals surface area contributed by atoms with E-state index < -0.39 is 5.78 Å². The van der Waals surface area contributed by atoms with Crippen LogP contribution in [0.25, 0.3) is 11.3 Å². The fraction of sp³-hybridized carbons (Fsp3) is 0. The number of ether oxygens (including phenoxy) is 1. The van der Waals surface area contributed by atoms with Crippen LogP contribution in [0.1, 0.15) is 20.8 Å². The Hall–Kier alpha value is -3.80. The van der Waals surface area contributed by atoms with Crippen molar-refractivity contribution in [1.29, 1.82) is 0 Å². The third kappa shape index (κ3) is 2.84. The molecular formula is C20H13N3O3. The van der Waals surface area contributed by atoms with Gasteiger partial charge in [0.05, 0.1) is 17.0 Å². The number of hydrogen-bond acceptors (Lipinski definition) is 6. The van der Waals surface area contributed by atoms with Gasteiger partial charge in [-0.2, -0.15) is 0 Å². The summed E-state index contributed by atoms with van der Waals surface area (Å²) in [5, 5.41) is 0. The molecular weight excluding hydrogens is 330 g/mol. The Labute approximate surface area is 149 Å². The van der Waals surface area contributed by atoms with Crippen molar-refractivity contribution in [2.75, 3.05) is 0 Å². The molecule has 1 aliphatic carbocycles. The molecule has 1 aromatic carbocycles. The van der Waals surface area contributed by atoms with Crippen LogP contribution in [0.4, 0.5) is 0 Å². The number of carbonyl (C=O) groups excluding carboxylic acids is 2. The zero-order valence-electron chi connectivity index (χ0n) is 13.5. The van der Waals surface area contributed by atoms with Crippen LogP contribution < -0.4 is 10.5 Å². The molecule has 0 saturated carbocycles. The molecule has 0 unspecified atom stereocenters. The number of nitrogens with two attached hydrogens (primary N) is 1. The van der Waals surface area contributed by atoms with E-state index in [0.717, 1.165) is 11.6 Å². The van der Waals surface area contributed by atoms with Crippen molar-refractivity contribution in [2.24, 2.45) is 5.73 Å². The lowest BCUT2D eigenvalue weighted by molar-refractivity contribution is 0.0979. The van der Waals surface area contributed by atoms with E-state index in [-0.39, 0.29) is 22.7 Å². The highest BCUT2D eigenvalue weighted by Gasteiger charge is 2.25.